The molecule has 106 valence electrons. The highest BCUT2D eigenvalue weighted by atomic mass is 31.1. The molecule has 0 heterocycles. The van der Waals surface area contributed by atoms with Gasteiger partial charge >= 0.3 is 13.7 Å². The van der Waals surface area contributed by atoms with Gasteiger partial charge in [0, 0.05) is 12.5 Å². The summed E-state index contributed by atoms with van der Waals surface area (Å²) >= 11 is 0. The standard InChI is InChI=1S/C9H9N4O6P/c14-12(15)7-2-3-8(9(6-7)13(16)17)11-10-4-1-5-20(18)19/h2-3,6H,1,4-5H2/p+1. The Morgan fingerprint density at radius 2 is 1.95 bits per heavy atom. The SMILES string of the molecule is O=[N+]([O-])c1ccc(N=NCCC[P+](=O)O)c([N+](=O)[O-])c1. The van der Waals surface area contributed by atoms with Crippen LogP contribution < -0.4 is 0 Å². The highest BCUT2D eigenvalue weighted by Gasteiger charge is 2.19. The van der Waals surface area contributed by atoms with Gasteiger partial charge in [-0.2, -0.15) is 10.0 Å². The quantitative estimate of drug-likeness (QED) is 0.269. The van der Waals surface area contributed by atoms with E-state index in [1.165, 1.54) is 0 Å². The number of hydrogen-bond acceptors (Lipinski definition) is 7. The largest absolute Gasteiger partial charge is 0.505 e. The molecule has 0 aliphatic heterocycles. The summed E-state index contributed by atoms with van der Waals surface area (Å²) in [5.74, 6) is 0. The molecular formula is C9H10N4O6P+. The number of hydrogen-bond donors (Lipinski definition) is 1. The second-order valence-corrected chi connectivity index (χ2v) is 4.73. The molecule has 10 nitrogen and oxygen atoms in total. The van der Waals surface area contributed by atoms with Crippen LogP contribution in [0.15, 0.2) is 28.4 Å². The van der Waals surface area contributed by atoms with Crippen LogP contribution in [0.3, 0.4) is 0 Å². The molecule has 1 unspecified atom stereocenters. The minimum absolute atomic E-state index is 0.0662. The van der Waals surface area contributed by atoms with Crippen LogP contribution in [0.25, 0.3) is 0 Å². The zero-order chi connectivity index (χ0) is 15.1. The van der Waals surface area contributed by atoms with Crippen LogP contribution in [0.2, 0.25) is 0 Å². The van der Waals surface area contributed by atoms with Gasteiger partial charge in [0.15, 0.2) is 11.8 Å². The maximum absolute atomic E-state index is 10.8. The van der Waals surface area contributed by atoms with Gasteiger partial charge in [0.25, 0.3) is 5.69 Å². The zero-order valence-electron chi connectivity index (χ0n) is 10.1. The fourth-order valence-electron chi connectivity index (χ4n) is 1.26. The summed E-state index contributed by atoms with van der Waals surface area (Å²) < 4.78 is 10.4. The summed E-state index contributed by atoms with van der Waals surface area (Å²) in [5, 5.41) is 28.6. The predicted molar refractivity (Wildman–Crippen MR) is 68.4 cm³/mol. The van der Waals surface area contributed by atoms with Crippen molar-refractivity contribution in [2.45, 2.75) is 6.42 Å². The third-order valence-electron chi connectivity index (χ3n) is 2.15. The topological polar surface area (TPSA) is 148 Å². The lowest BCUT2D eigenvalue weighted by molar-refractivity contribution is -0.393. The van der Waals surface area contributed by atoms with Crippen LogP contribution in [0.1, 0.15) is 6.42 Å². The van der Waals surface area contributed by atoms with Crippen LogP contribution in [0.4, 0.5) is 17.1 Å². The molecule has 20 heavy (non-hydrogen) atoms. The smallest absolute Gasteiger partial charge is 0.258 e. The molecule has 0 aromatic heterocycles. The second kappa shape index (κ2) is 7.31. The van der Waals surface area contributed by atoms with Crippen molar-refractivity contribution in [1.29, 1.82) is 0 Å². The van der Waals surface area contributed by atoms with Gasteiger partial charge in [0.2, 0.25) is 0 Å². The van der Waals surface area contributed by atoms with E-state index in [0.717, 1.165) is 18.2 Å². The average molecular weight is 301 g/mol. The van der Waals surface area contributed by atoms with Gasteiger partial charge in [-0.1, -0.05) is 0 Å². The Labute approximate surface area is 113 Å². The maximum Gasteiger partial charge on any atom is 0.505 e. The van der Waals surface area contributed by atoms with Crippen molar-refractivity contribution >= 4 is 25.1 Å². The normalized spacial score (nSPS) is 11.6. The van der Waals surface area contributed by atoms with Crippen LogP contribution in [-0.4, -0.2) is 27.4 Å². The predicted octanol–water partition coefficient (Wildman–Crippen LogP) is 2.71. The van der Waals surface area contributed by atoms with Crippen molar-refractivity contribution in [3.63, 3.8) is 0 Å². The van der Waals surface area contributed by atoms with Gasteiger partial charge in [-0.05, 0) is 10.6 Å². The van der Waals surface area contributed by atoms with Crippen molar-refractivity contribution < 1.29 is 19.3 Å². The molecule has 0 saturated heterocycles. The molecule has 1 aromatic carbocycles. The molecule has 1 N–H and O–H groups in total. The van der Waals surface area contributed by atoms with Gasteiger partial charge in [0.05, 0.1) is 22.5 Å². The van der Waals surface area contributed by atoms with E-state index in [1.54, 1.807) is 0 Å². The summed E-state index contributed by atoms with van der Waals surface area (Å²) in [4.78, 5) is 28.3. The van der Waals surface area contributed by atoms with Gasteiger partial charge < -0.3 is 0 Å². The van der Waals surface area contributed by atoms with Crippen molar-refractivity contribution in [3.05, 3.63) is 38.4 Å². The highest BCUT2D eigenvalue weighted by Crippen LogP contribution is 2.31. The Morgan fingerprint density at radius 1 is 1.25 bits per heavy atom. The first-order chi connectivity index (χ1) is 9.41. The monoisotopic (exact) mass is 301 g/mol. The summed E-state index contributed by atoms with van der Waals surface area (Å²) in [5.41, 5.74) is -1.03. The number of nitro groups is 2. The maximum atomic E-state index is 10.8. The van der Waals surface area contributed by atoms with Crippen molar-refractivity contribution in [1.82, 2.24) is 0 Å². The first kappa shape index (κ1) is 15.7. The van der Waals surface area contributed by atoms with Gasteiger partial charge in [-0.15, -0.1) is 5.11 Å². The van der Waals surface area contributed by atoms with Crippen molar-refractivity contribution in [2.75, 3.05) is 12.7 Å². The Hall–Kier alpha value is -2.32. The highest BCUT2D eigenvalue weighted by molar-refractivity contribution is 7.37. The van der Waals surface area contributed by atoms with E-state index in [0.29, 0.717) is 6.42 Å². The first-order valence-electron chi connectivity index (χ1n) is 5.35. The summed E-state index contributed by atoms with van der Waals surface area (Å²) in [6.07, 6.45) is 0.382. The Morgan fingerprint density at radius 3 is 2.50 bits per heavy atom. The van der Waals surface area contributed by atoms with E-state index in [2.05, 4.69) is 10.2 Å². The van der Waals surface area contributed by atoms with Crippen LogP contribution >= 0.6 is 8.03 Å². The molecule has 0 aliphatic rings. The first-order valence-corrected chi connectivity index (χ1v) is 6.75. The van der Waals surface area contributed by atoms with E-state index in [9.17, 15) is 24.8 Å². The zero-order valence-corrected chi connectivity index (χ0v) is 11.0. The summed E-state index contributed by atoms with van der Waals surface area (Å²) in [6.45, 7) is 0.135. The summed E-state index contributed by atoms with van der Waals surface area (Å²) in [6, 6.07) is 3.03. The second-order valence-electron chi connectivity index (χ2n) is 3.58. The Kier molecular flexibility index (Phi) is 5.75. The minimum atomic E-state index is -2.23. The lowest BCUT2D eigenvalue weighted by Gasteiger charge is -1.96. The number of non-ortho nitro benzene ring substituents is 1. The molecule has 0 aliphatic carbocycles. The molecule has 0 radical (unpaired) electrons. The van der Waals surface area contributed by atoms with Crippen LogP contribution in [-0.2, 0) is 4.57 Å². The van der Waals surface area contributed by atoms with Crippen LogP contribution in [0.5, 0.6) is 0 Å². The lowest BCUT2D eigenvalue weighted by atomic mass is 10.2. The average Bonchev–Trinajstić information content (AvgIpc) is 2.37. The molecule has 1 aromatic rings. The molecule has 11 heteroatoms. The number of nitro benzene ring substituents is 2. The lowest BCUT2D eigenvalue weighted by Crippen LogP contribution is -1.92. The van der Waals surface area contributed by atoms with Gasteiger partial charge in [-0.25, -0.2) is 0 Å². The number of nitrogens with zero attached hydrogens (tertiary/aromatic N) is 4. The molecule has 1 atom stereocenters. The molecule has 0 bridgehead atoms. The van der Waals surface area contributed by atoms with E-state index in [1.807, 2.05) is 0 Å². The fraction of sp³-hybridized carbons (Fsp3) is 0.333. The van der Waals surface area contributed by atoms with Gasteiger partial charge in [0.1, 0.15) is 0 Å². The van der Waals surface area contributed by atoms with E-state index >= 15 is 0 Å². The number of benzene rings is 1. The van der Waals surface area contributed by atoms with Crippen molar-refractivity contribution in [2.24, 2.45) is 10.2 Å². The van der Waals surface area contributed by atoms with Crippen molar-refractivity contribution in [3.8, 4) is 0 Å². The third kappa shape index (κ3) is 4.75. The molecular weight excluding hydrogens is 291 g/mol. The summed E-state index contributed by atoms with van der Waals surface area (Å²) in [7, 11) is -2.23. The van der Waals surface area contributed by atoms with E-state index in [4.69, 9.17) is 4.89 Å². The molecule has 1 rings (SSSR count). The van der Waals surface area contributed by atoms with E-state index < -0.39 is 29.2 Å². The third-order valence-corrected chi connectivity index (χ3v) is 2.85. The Bertz CT molecular complexity index is 576. The molecule has 0 saturated carbocycles. The minimum Gasteiger partial charge on any atom is -0.258 e. The molecule has 0 amide bonds. The van der Waals surface area contributed by atoms with E-state index in [-0.39, 0.29) is 18.4 Å². The number of rotatable bonds is 7. The van der Waals surface area contributed by atoms with Gasteiger partial charge in [-0.3, -0.25) is 20.2 Å². The molecule has 0 spiro atoms. The fourth-order valence-corrected chi connectivity index (χ4v) is 1.67. The Balaban J connectivity index is 2.84. The molecule has 0 fully saturated rings. The van der Waals surface area contributed by atoms with Crippen LogP contribution in [0, 0.1) is 20.2 Å². The number of azo groups is 1.